The smallest absolute Gasteiger partial charge is 0.395 e. The largest absolute Gasteiger partial charge is 0.416 e. The van der Waals surface area contributed by atoms with Crippen LogP contribution in [0.4, 0.5) is 24.5 Å². The molecule has 0 aromatic heterocycles. The van der Waals surface area contributed by atoms with Gasteiger partial charge in [0.1, 0.15) is 0 Å². The first-order valence-electron chi connectivity index (χ1n) is 6.28. The molecule has 2 aromatic carbocycles. The van der Waals surface area contributed by atoms with Gasteiger partial charge in [-0.1, -0.05) is 23.7 Å². The van der Waals surface area contributed by atoms with Gasteiger partial charge in [0.15, 0.2) is 0 Å². The molecule has 110 valence electrons. The van der Waals surface area contributed by atoms with Crippen LogP contribution in [0.15, 0.2) is 36.4 Å². The Morgan fingerprint density at radius 1 is 1.05 bits per heavy atom. The van der Waals surface area contributed by atoms with E-state index in [0.717, 1.165) is 17.7 Å². The average Bonchev–Trinajstić information content (AvgIpc) is 2.42. The quantitative estimate of drug-likeness (QED) is 0.810. The molecule has 2 aromatic rings. The Labute approximate surface area is 124 Å². The van der Waals surface area contributed by atoms with Crippen molar-refractivity contribution >= 4 is 23.0 Å². The Morgan fingerprint density at radius 3 is 2.29 bits per heavy atom. The second kappa shape index (κ2) is 4.93. The Kier molecular flexibility index (Phi) is 3.34. The van der Waals surface area contributed by atoms with Gasteiger partial charge in [0.05, 0.1) is 12.2 Å². The number of alkyl halides is 3. The molecule has 1 aliphatic rings. The normalized spacial score (nSPS) is 16.9. The van der Waals surface area contributed by atoms with Gasteiger partial charge in [0.25, 0.3) is 0 Å². The van der Waals surface area contributed by atoms with E-state index in [1.807, 2.05) is 0 Å². The predicted molar refractivity (Wildman–Crippen MR) is 75.1 cm³/mol. The third-order valence-electron chi connectivity index (χ3n) is 3.60. The highest BCUT2D eigenvalue weighted by Gasteiger charge is 2.33. The van der Waals surface area contributed by atoms with Crippen LogP contribution in [0.3, 0.4) is 0 Å². The van der Waals surface area contributed by atoms with Crippen molar-refractivity contribution in [1.82, 2.24) is 0 Å². The fourth-order valence-electron chi connectivity index (χ4n) is 2.59. The predicted octanol–water partition coefficient (Wildman–Crippen LogP) is 4.54. The SMILES string of the molecule is OCC1c2ccc(Cl)cc2Nc2cc(C(F)(F)F)ccc21. The molecule has 1 heterocycles. The molecule has 1 aliphatic heterocycles. The van der Waals surface area contributed by atoms with Crippen LogP contribution in [0.2, 0.25) is 5.02 Å². The lowest BCUT2D eigenvalue weighted by molar-refractivity contribution is -0.137. The van der Waals surface area contributed by atoms with Crippen LogP contribution in [-0.4, -0.2) is 11.7 Å². The van der Waals surface area contributed by atoms with E-state index in [1.165, 1.54) is 6.07 Å². The maximum atomic E-state index is 12.8. The van der Waals surface area contributed by atoms with Gasteiger partial charge in [0.2, 0.25) is 0 Å². The lowest BCUT2D eigenvalue weighted by atomic mass is 9.86. The van der Waals surface area contributed by atoms with Crippen LogP contribution in [-0.2, 0) is 6.18 Å². The summed E-state index contributed by atoms with van der Waals surface area (Å²) in [6, 6.07) is 8.60. The highest BCUT2D eigenvalue weighted by molar-refractivity contribution is 6.30. The molecule has 21 heavy (non-hydrogen) atoms. The van der Waals surface area contributed by atoms with Crippen LogP contribution in [0.25, 0.3) is 0 Å². The van der Waals surface area contributed by atoms with Crippen LogP contribution in [0.5, 0.6) is 0 Å². The van der Waals surface area contributed by atoms with Gasteiger partial charge in [-0.15, -0.1) is 0 Å². The summed E-state index contributed by atoms with van der Waals surface area (Å²) in [4.78, 5) is 0. The van der Waals surface area contributed by atoms with Crippen molar-refractivity contribution in [2.45, 2.75) is 12.1 Å². The summed E-state index contributed by atoms with van der Waals surface area (Å²) >= 11 is 5.92. The van der Waals surface area contributed by atoms with Crippen molar-refractivity contribution < 1.29 is 18.3 Å². The van der Waals surface area contributed by atoms with Gasteiger partial charge in [-0.2, -0.15) is 13.2 Å². The Balaban J connectivity index is 2.13. The lowest BCUT2D eigenvalue weighted by Gasteiger charge is -2.29. The first kappa shape index (κ1) is 14.2. The van der Waals surface area contributed by atoms with Crippen molar-refractivity contribution in [2.24, 2.45) is 0 Å². The summed E-state index contributed by atoms with van der Waals surface area (Å²) in [5, 5.41) is 13.0. The molecule has 3 rings (SSSR count). The molecule has 2 nitrogen and oxygen atoms in total. The molecule has 1 atom stereocenters. The summed E-state index contributed by atoms with van der Waals surface area (Å²) in [5.41, 5.74) is 1.69. The second-order valence-corrected chi connectivity index (χ2v) is 5.33. The van der Waals surface area contributed by atoms with Gasteiger partial charge >= 0.3 is 6.18 Å². The molecule has 0 saturated carbocycles. The number of anilines is 2. The zero-order chi connectivity index (χ0) is 15.2. The first-order valence-corrected chi connectivity index (χ1v) is 6.66. The summed E-state index contributed by atoms with van der Waals surface area (Å²) in [7, 11) is 0. The van der Waals surface area contributed by atoms with Crippen molar-refractivity contribution in [2.75, 3.05) is 11.9 Å². The minimum atomic E-state index is -4.40. The third-order valence-corrected chi connectivity index (χ3v) is 3.83. The number of hydrogen-bond acceptors (Lipinski definition) is 2. The van der Waals surface area contributed by atoms with E-state index in [-0.39, 0.29) is 12.5 Å². The number of nitrogens with one attached hydrogen (secondary N) is 1. The van der Waals surface area contributed by atoms with E-state index in [2.05, 4.69) is 5.32 Å². The molecule has 0 spiro atoms. The van der Waals surface area contributed by atoms with Crippen molar-refractivity contribution in [3.8, 4) is 0 Å². The minimum Gasteiger partial charge on any atom is -0.395 e. The zero-order valence-electron chi connectivity index (χ0n) is 10.7. The average molecular weight is 314 g/mol. The van der Waals surface area contributed by atoms with Gasteiger partial charge in [-0.25, -0.2) is 0 Å². The topological polar surface area (TPSA) is 32.3 Å². The number of rotatable bonds is 1. The van der Waals surface area contributed by atoms with Crippen LogP contribution in [0, 0.1) is 0 Å². The summed E-state index contributed by atoms with van der Waals surface area (Å²) < 4.78 is 38.4. The van der Waals surface area contributed by atoms with E-state index in [9.17, 15) is 18.3 Å². The lowest BCUT2D eigenvalue weighted by Crippen LogP contribution is -2.17. The van der Waals surface area contributed by atoms with Gasteiger partial charge in [-0.05, 0) is 35.4 Å². The maximum absolute atomic E-state index is 12.8. The van der Waals surface area contributed by atoms with E-state index in [0.29, 0.717) is 22.0 Å². The van der Waals surface area contributed by atoms with Crippen molar-refractivity contribution in [3.63, 3.8) is 0 Å². The van der Waals surface area contributed by atoms with Crippen LogP contribution >= 0.6 is 11.6 Å². The maximum Gasteiger partial charge on any atom is 0.416 e. The van der Waals surface area contributed by atoms with E-state index >= 15 is 0 Å². The number of halogens is 4. The standard InChI is InChI=1S/C15H11ClF3NO/c16-9-2-4-11-12(7-21)10-3-1-8(15(17,18)19)5-13(10)20-14(11)6-9/h1-6,12,20-21H,7H2. The molecule has 0 radical (unpaired) electrons. The number of fused-ring (bicyclic) bond motifs is 2. The number of aliphatic hydroxyl groups is 1. The Hall–Kier alpha value is -1.72. The summed E-state index contributed by atoms with van der Waals surface area (Å²) in [6.07, 6.45) is -4.40. The number of aliphatic hydroxyl groups excluding tert-OH is 1. The molecule has 2 N–H and O–H groups in total. The molecular weight excluding hydrogens is 303 g/mol. The Bertz CT molecular complexity index is 700. The fourth-order valence-corrected chi connectivity index (χ4v) is 2.77. The monoisotopic (exact) mass is 313 g/mol. The van der Waals surface area contributed by atoms with Gasteiger partial charge in [0, 0.05) is 22.3 Å². The second-order valence-electron chi connectivity index (χ2n) is 4.89. The molecule has 0 bridgehead atoms. The zero-order valence-corrected chi connectivity index (χ0v) is 11.5. The van der Waals surface area contributed by atoms with Crippen molar-refractivity contribution in [1.29, 1.82) is 0 Å². The summed E-state index contributed by atoms with van der Waals surface area (Å²) in [6.45, 7) is -0.186. The fraction of sp³-hybridized carbons (Fsp3) is 0.200. The number of benzene rings is 2. The third kappa shape index (κ3) is 2.47. The minimum absolute atomic E-state index is 0.186. The van der Waals surface area contributed by atoms with E-state index < -0.39 is 11.7 Å². The van der Waals surface area contributed by atoms with Crippen molar-refractivity contribution in [3.05, 3.63) is 58.1 Å². The summed E-state index contributed by atoms with van der Waals surface area (Å²) in [5.74, 6) is -0.365. The molecule has 0 amide bonds. The molecular formula is C15H11ClF3NO. The Morgan fingerprint density at radius 2 is 1.67 bits per heavy atom. The van der Waals surface area contributed by atoms with E-state index in [1.54, 1.807) is 18.2 Å². The molecule has 0 saturated heterocycles. The van der Waals surface area contributed by atoms with E-state index in [4.69, 9.17) is 11.6 Å². The highest BCUT2D eigenvalue weighted by atomic mass is 35.5. The first-order chi connectivity index (χ1) is 9.90. The van der Waals surface area contributed by atoms with Crippen LogP contribution in [0.1, 0.15) is 22.6 Å². The highest BCUT2D eigenvalue weighted by Crippen LogP contribution is 2.43. The van der Waals surface area contributed by atoms with Crippen LogP contribution < -0.4 is 5.32 Å². The number of hydrogen-bond donors (Lipinski definition) is 2. The van der Waals surface area contributed by atoms with Gasteiger partial charge < -0.3 is 10.4 Å². The molecule has 0 aliphatic carbocycles. The van der Waals surface area contributed by atoms with Gasteiger partial charge in [-0.3, -0.25) is 0 Å². The molecule has 6 heteroatoms. The molecule has 0 fully saturated rings. The molecule has 1 unspecified atom stereocenters.